The van der Waals surface area contributed by atoms with Gasteiger partial charge >= 0.3 is 0 Å². The lowest BCUT2D eigenvalue weighted by Gasteiger charge is -2.25. The summed E-state index contributed by atoms with van der Waals surface area (Å²) in [5.74, 6) is -0.00846. The predicted octanol–water partition coefficient (Wildman–Crippen LogP) is 8.16. The van der Waals surface area contributed by atoms with Gasteiger partial charge in [0.1, 0.15) is 0 Å². The number of ketones is 2. The lowest BCUT2D eigenvalue weighted by molar-refractivity contribution is 0.103. The zero-order valence-corrected chi connectivity index (χ0v) is 27.1. The first-order valence-corrected chi connectivity index (χ1v) is 17.2. The van der Waals surface area contributed by atoms with Crippen LogP contribution in [-0.4, -0.2) is 60.6 Å². The molecule has 2 fully saturated rings. The fraction of sp³-hybridized carbons (Fsp3) is 0.286. The van der Waals surface area contributed by atoms with Crippen molar-refractivity contribution in [3.05, 3.63) is 142 Å². The molecule has 9 aliphatic rings. The average Bonchev–Trinajstić information content (AvgIpc) is 3.15. The van der Waals surface area contributed by atoms with Crippen LogP contribution in [0.15, 0.2) is 117 Å². The molecule has 0 aromatic heterocycles. The molecule has 6 nitrogen and oxygen atoms in total. The zero-order valence-electron chi connectivity index (χ0n) is 27.1. The van der Waals surface area contributed by atoms with E-state index in [1.54, 1.807) is 0 Å². The maximum Gasteiger partial charge on any atom is 0.193 e. The number of hydrogen-bond donors (Lipinski definition) is 0. The standard InChI is InChI=1S/C42H40N4O2/c47-41-33-17-9-29(10-18-33)25-43-37-5-1-2-6-38(37)44-26-30-11-19-34(20-12-30)42(48)36-23-15-32(16-24-36)28-46-40-8-4-3-7-39(40)45-27-31-13-21-35(41)22-14-31/h9-28,37-40H,1-8H2/t37-,38-,39-,40-/m1/s1. The summed E-state index contributed by atoms with van der Waals surface area (Å²) in [6.45, 7) is 0. The molecule has 2 saturated carbocycles. The van der Waals surface area contributed by atoms with Crippen molar-refractivity contribution < 1.29 is 9.59 Å². The Bertz CT molecular complexity index is 1580. The van der Waals surface area contributed by atoms with E-state index in [9.17, 15) is 9.59 Å². The van der Waals surface area contributed by atoms with Crippen LogP contribution >= 0.6 is 0 Å². The number of carbonyl (C=O) groups is 2. The minimum atomic E-state index is -0.00423. The summed E-state index contributed by atoms with van der Waals surface area (Å²) in [5.41, 5.74) is 6.46. The van der Waals surface area contributed by atoms with E-state index in [0.717, 1.165) is 73.6 Å². The quantitative estimate of drug-likeness (QED) is 0.196. The van der Waals surface area contributed by atoms with Crippen LogP contribution < -0.4 is 0 Å². The van der Waals surface area contributed by atoms with Crippen molar-refractivity contribution in [1.82, 2.24) is 0 Å². The lowest BCUT2D eigenvalue weighted by atomic mass is 9.91. The van der Waals surface area contributed by atoms with E-state index in [-0.39, 0.29) is 35.7 Å². The van der Waals surface area contributed by atoms with E-state index < -0.39 is 0 Å². The highest BCUT2D eigenvalue weighted by Crippen LogP contribution is 2.26. The first kappa shape index (κ1) is 31.5. The van der Waals surface area contributed by atoms with Crippen LogP contribution in [0.3, 0.4) is 0 Å². The number of aliphatic imine (C=N–C) groups is 4. The SMILES string of the molecule is O=C1c2ccc(cc2)C=N[C@@H]2CCCC[C@H]2N=Cc2ccc(cc2)C(=O)c2ccc(cc2)C=N[C@@H]2CCCC[C@H]2N=Cc2ccc1cc2. The van der Waals surface area contributed by atoms with Crippen molar-refractivity contribution in [2.24, 2.45) is 20.0 Å². The van der Waals surface area contributed by atoms with Crippen molar-refractivity contribution in [2.75, 3.05) is 0 Å². The molecule has 0 N–H and O–H groups in total. The van der Waals surface area contributed by atoms with E-state index in [0.29, 0.717) is 22.3 Å². The molecule has 0 unspecified atom stereocenters. The normalized spacial score (nSPS) is 22.9. The van der Waals surface area contributed by atoms with E-state index in [2.05, 4.69) is 0 Å². The third kappa shape index (κ3) is 7.54. The van der Waals surface area contributed by atoms with Crippen LogP contribution in [0.5, 0.6) is 0 Å². The van der Waals surface area contributed by atoms with Crippen LogP contribution in [0, 0.1) is 0 Å². The molecule has 0 amide bonds. The summed E-state index contributed by atoms with van der Waals surface area (Å²) < 4.78 is 0. The first-order valence-electron chi connectivity index (χ1n) is 17.2. The largest absolute Gasteiger partial charge is 0.289 e. The summed E-state index contributed by atoms with van der Waals surface area (Å²) >= 11 is 0. The van der Waals surface area contributed by atoms with Gasteiger partial charge in [-0.05, 0) is 47.9 Å². The number of hydrogen-bond acceptors (Lipinski definition) is 6. The number of nitrogens with zero attached hydrogens (tertiary/aromatic N) is 4. The molecule has 4 atom stereocenters. The van der Waals surface area contributed by atoms with Gasteiger partial charge in [-0.1, -0.05) is 123 Å². The summed E-state index contributed by atoms with van der Waals surface area (Å²) in [6.07, 6.45) is 16.2. The smallest absolute Gasteiger partial charge is 0.193 e. The maximum atomic E-state index is 13.3. The average molecular weight is 633 g/mol. The molecule has 0 radical (unpaired) electrons. The molecule has 13 rings (SSSR count). The molecule has 240 valence electrons. The van der Waals surface area contributed by atoms with Crippen LogP contribution in [-0.2, 0) is 0 Å². The molecule has 0 saturated heterocycles. The second-order valence-corrected chi connectivity index (χ2v) is 13.1. The first-order chi connectivity index (χ1) is 23.6. The third-order valence-corrected chi connectivity index (χ3v) is 9.74. The van der Waals surface area contributed by atoms with Gasteiger partial charge in [0.25, 0.3) is 0 Å². The van der Waals surface area contributed by atoms with Crippen LogP contribution in [0.25, 0.3) is 0 Å². The van der Waals surface area contributed by atoms with E-state index >= 15 is 0 Å². The molecule has 2 aliphatic carbocycles. The minimum Gasteiger partial charge on any atom is -0.289 e. The van der Waals surface area contributed by atoms with Crippen molar-refractivity contribution in [1.29, 1.82) is 0 Å². The summed E-state index contributed by atoms with van der Waals surface area (Å²) in [5, 5.41) is 0. The van der Waals surface area contributed by atoms with E-state index in [1.807, 2.05) is 122 Å². The Labute approximate surface area is 282 Å². The molecule has 4 aromatic carbocycles. The van der Waals surface area contributed by atoms with Gasteiger partial charge in [-0.15, -0.1) is 0 Å². The monoisotopic (exact) mass is 632 g/mol. The Kier molecular flexibility index (Phi) is 9.69. The fourth-order valence-electron chi connectivity index (χ4n) is 6.82. The van der Waals surface area contributed by atoms with Gasteiger partial charge in [-0.3, -0.25) is 29.6 Å². The maximum absolute atomic E-state index is 13.3. The summed E-state index contributed by atoms with van der Waals surface area (Å²) in [6, 6.07) is 31.1. The molecule has 0 spiro atoms. The van der Waals surface area contributed by atoms with Crippen molar-refractivity contribution in [2.45, 2.75) is 75.5 Å². The number of carbonyl (C=O) groups excluding carboxylic acids is 2. The number of rotatable bonds is 0. The summed E-state index contributed by atoms with van der Waals surface area (Å²) in [7, 11) is 0. The van der Waals surface area contributed by atoms with Crippen LogP contribution in [0.2, 0.25) is 0 Å². The van der Waals surface area contributed by atoms with Crippen molar-refractivity contribution in [3.63, 3.8) is 0 Å². The van der Waals surface area contributed by atoms with Gasteiger partial charge < -0.3 is 0 Å². The second kappa shape index (κ2) is 14.8. The Hall–Kier alpha value is -5.10. The molecule has 8 bridgehead atoms. The Morgan fingerprint density at radius 1 is 0.333 bits per heavy atom. The van der Waals surface area contributed by atoms with Gasteiger partial charge in [-0.25, -0.2) is 0 Å². The predicted molar refractivity (Wildman–Crippen MR) is 195 cm³/mol. The molecule has 7 heterocycles. The lowest BCUT2D eigenvalue weighted by Crippen LogP contribution is -2.27. The molecule has 48 heavy (non-hydrogen) atoms. The molecule has 6 heteroatoms. The van der Waals surface area contributed by atoms with Crippen molar-refractivity contribution >= 4 is 36.4 Å². The molecule has 7 aliphatic heterocycles. The van der Waals surface area contributed by atoms with Gasteiger partial charge in [-0.2, -0.15) is 0 Å². The molecule has 4 aromatic rings. The fourth-order valence-corrected chi connectivity index (χ4v) is 6.82. The van der Waals surface area contributed by atoms with Gasteiger partial charge in [0, 0.05) is 47.1 Å². The Morgan fingerprint density at radius 3 is 0.750 bits per heavy atom. The van der Waals surface area contributed by atoms with Crippen molar-refractivity contribution in [3.8, 4) is 0 Å². The van der Waals surface area contributed by atoms with Gasteiger partial charge in [0.15, 0.2) is 11.6 Å². The summed E-state index contributed by atoms with van der Waals surface area (Å²) in [4.78, 5) is 46.3. The second-order valence-electron chi connectivity index (χ2n) is 13.1. The molecular weight excluding hydrogens is 592 g/mol. The molecular formula is C42H40N4O2. The van der Waals surface area contributed by atoms with E-state index in [1.165, 1.54) is 0 Å². The van der Waals surface area contributed by atoms with Gasteiger partial charge in [0.05, 0.1) is 24.2 Å². The zero-order chi connectivity index (χ0) is 32.7. The topological polar surface area (TPSA) is 83.6 Å². The highest BCUT2D eigenvalue weighted by molar-refractivity contribution is 6.10. The highest BCUT2D eigenvalue weighted by Gasteiger charge is 2.24. The van der Waals surface area contributed by atoms with Crippen LogP contribution in [0.1, 0.15) is 105 Å². The number of benzene rings is 4. The third-order valence-electron chi connectivity index (χ3n) is 9.74. The Balaban J connectivity index is 1.18. The minimum absolute atomic E-state index is 0.00423. The highest BCUT2D eigenvalue weighted by atomic mass is 16.1. The van der Waals surface area contributed by atoms with Gasteiger partial charge in [0.2, 0.25) is 0 Å². The Morgan fingerprint density at radius 2 is 0.542 bits per heavy atom. The van der Waals surface area contributed by atoms with Crippen LogP contribution in [0.4, 0.5) is 0 Å². The van der Waals surface area contributed by atoms with E-state index in [4.69, 9.17) is 20.0 Å².